The first-order valence-electron chi connectivity index (χ1n) is 43.3. The fraction of sp³-hybridized carbons (Fsp3) is 0.583. The Labute approximate surface area is 847 Å². The van der Waals surface area contributed by atoms with Crippen LogP contribution in [0.1, 0.15) is 130 Å². The summed E-state index contributed by atoms with van der Waals surface area (Å²) in [6.07, 6.45) is -18.9. The predicted molar refractivity (Wildman–Crippen MR) is 512 cm³/mol. The van der Waals surface area contributed by atoms with E-state index in [1.807, 2.05) is 0 Å². The fourth-order valence-electron chi connectivity index (χ4n) is 16.6. The maximum Gasteiger partial charge on any atom is 0.351 e. The summed E-state index contributed by atoms with van der Waals surface area (Å²) in [6, 6.07) is 0. The molecule has 0 amide bonds. The number of imidazole rings is 2. The summed E-state index contributed by atoms with van der Waals surface area (Å²) in [4.78, 5) is 220. The van der Waals surface area contributed by atoms with Crippen LogP contribution in [0, 0.1) is 34.6 Å². The van der Waals surface area contributed by atoms with Crippen LogP contribution < -0.4 is 97.6 Å². The zero-order valence-electron chi connectivity index (χ0n) is 76.0. The van der Waals surface area contributed by atoms with Gasteiger partial charge in [-0.1, -0.05) is 77.8 Å². The highest BCUT2D eigenvalue weighted by Crippen LogP contribution is 2.57. The molecule has 788 valence electrons. The normalized spacial score (nSPS) is 29.7. The molecule has 7 aliphatic rings. The lowest BCUT2D eigenvalue weighted by Crippen LogP contribution is -2.35. The van der Waals surface area contributed by atoms with E-state index in [9.17, 15) is 62.6 Å². The molecule has 28 atom stereocenters. The summed E-state index contributed by atoms with van der Waals surface area (Å²) in [5, 5.41) is 0. The average molecular weight is 2280 g/mol. The highest BCUT2D eigenvalue weighted by Gasteiger charge is 2.49. The van der Waals surface area contributed by atoms with E-state index in [4.69, 9.17) is 208 Å². The van der Waals surface area contributed by atoms with Crippen LogP contribution in [0.25, 0.3) is 22.3 Å². The minimum Gasteiger partial charge on any atom is -0.780 e. The van der Waals surface area contributed by atoms with E-state index >= 15 is 4.89 Å². The first kappa shape index (κ1) is 110. The standard InChI is InChI=1S/C72H98N23O35P7S7/c1-8-36-37(9-50(117-36)89-16-31(2)59(73)84-68(89)98)125-132(104,139)111-22-45-39(10-51(118-45)90-17-32(3)60(74)85-69(90)99)126-134(106,141)113-23-46-40(11-52(119-46)91-18-33(4)61(75)86-70(91)100)127-136(108,143)116-26-49-43(15-56(123-49)95-30-83-58-63(77)79-28-81-65(58)95)130-137(109,144)115-25-48-42(13-54(121-48)93-20-35(6)67(97)88-72(93)102)129-135(107,142)114-24-47-41(12-53(120-47)92-19-34(5)66(96)87-71(92)101)128-133(105,140)112-21-44-38(124-131(103,138)110-7)14-55(122-44)94-29-82-57-62(76)78-27-80-64(57)94/h16-20,27-30,36-56H,8-15,21-26H2,1-7H3,(H,103,138)(H,104,139)(H,105,140)(H,106,141)(H,107,142)(H,108,143)(H,109,144)(H2,73,84,98)(H2,74,85,99)(H2,75,86,100)(H2,76,78,80)(H2,77,79,81)(H,87,96,101)(H,88,97,102)/p-7/t36-,37-,38-,39-,40-,41-,42-,43-,44-,45-,46-,47-,48-,49-,50-,51-,52-,53-,54-,55-,56-,131?,132?,133?,134?,135?,136?,137?/m1/s1. The van der Waals surface area contributed by atoms with E-state index in [1.165, 1.54) is 72.0 Å². The van der Waals surface area contributed by atoms with Gasteiger partial charge in [0.15, 0.2) is 29.7 Å². The Balaban J connectivity index is 0.605. The van der Waals surface area contributed by atoms with E-state index in [0.29, 0.717) is 23.1 Å². The summed E-state index contributed by atoms with van der Waals surface area (Å²) in [5.41, 5.74) is 25.8. The van der Waals surface area contributed by atoms with E-state index in [-0.39, 0.29) is 88.2 Å². The zero-order chi connectivity index (χ0) is 104. The lowest BCUT2D eigenvalue weighted by atomic mass is 10.1. The van der Waals surface area contributed by atoms with Crippen LogP contribution in [0.2, 0.25) is 0 Å². The van der Waals surface area contributed by atoms with Crippen LogP contribution >= 0.6 is 47.1 Å². The molecule has 0 aromatic carbocycles. The average Bonchev–Trinajstić information content (AvgIpc) is 1.62. The Bertz CT molecular complexity index is 7180. The molecule has 16 rings (SSSR count). The molecule has 7 aliphatic heterocycles. The van der Waals surface area contributed by atoms with Crippen LogP contribution in [0.15, 0.2) is 89.9 Å². The van der Waals surface area contributed by atoms with Crippen molar-refractivity contribution >= 4 is 182 Å². The second-order valence-electron chi connectivity index (χ2n) is 33.7. The number of nitrogens with zero attached hydrogens (tertiary/aromatic N) is 16. The van der Waals surface area contributed by atoms with Gasteiger partial charge in [-0.15, -0.1) is 0 Å². The van der Waals surface area contributed by atoms with E-state index in [2.05, 4.69) is 54.8 Å². The van der Waals surface area contributed by atoms with Gasteiger partial charge in [-0.05, 0) is 41.0 Å². The minimum atomic E-state index is -5.03. The second kappa shape index (κ2) is 44.4. The highest BCUT2D eigenvalue weighted by molar-refractivity contribution is 8.32. The number of nitrogens with one attached hydrogen (secondary N) is 2. The fourth-order valence-corrected chi connectivity index (χ4v) is 26.3. The van der Waals surface area contributed by atoms with Crippen molar-refractivity contribution in [1.82, 2.24) is 86.8 Å². The van der Waals surface area contributed by atoms with E-state index < -0.39 is 275 Å². The number of fused-ring (bicyclic) bond motifs is 2. The summed E-state index contributed by atoms with van der Waals surface area (Å²) in [7, 11) is 1.06. The van der Waals surface area contributed by atoms with Crippen molar-refractivity contribution in [1.29, 1.82) is 0 Å². The van der Waals surface area contributed by atoms with Gasteiger partial charge in [-0.3, -0.25) is 56.1 Å². The third-order valence-corrected chi connectivity index (χ3v) is 35.0. The van der Waals surface area contributed by atoms with Crippen LogP contribution in [0.5, 0.6) is 0 Å². The van der Waals surface area contributed by atoms with Gasteiger partial charge in [-0.25, -0.2) is 53.9 Å². The molecule has 72 heteroatoms. The Morgan fingerprint density at radius 1 is 0.361 bits per heavy atom. The van der Waals surface area contributed by atoms with Gasteiger partial charge in [0, 0.05) is 111 Å². The van der Waals surface area contributed by atoms with Crippen molar-refractivity contribution in [2.24, 2.45) is 0 Å². The summed E-state index contributed by atoms with van der Waals surface area (Å²) >= 11 is 38.0. The Morgan fingerprint density at radius 3 is 0.903 bits per heavy atom. The number of ether oxygens (including phenoxy) is 7. The molecular weight excluding hydrogens is 2190 g/mol. The first-order valence-corrected chi connectivity index (χ1v) is 61.2. The number of hydrogen-bond acceptors (Lipinski definition) is 56. The van der Waals surface area contributed by atoms with Gasteiger partial charge < -0.3 is 167 Å². The van der Waals surface area contributed by atoms with E-state index in [0.717, 1.165) is 44.1 Å². The molecule has 58 nitrogen and oxygen atoms in total. The van der Waals surface area contributed by atoms with Crippen molar-refractivity contribution in [3.8, 4) is 0 Å². The molecule has 144 heavy (non-hydrogen) atoms. The number of nitrogen functional groups attached to an aromatic ring is 5. The molecule has 7 unspecified atom stereocenters. The van der Waals surface area contributed by atoms with Gasteiger partial charge in [0.1, 0.15) is 162 Å². The van der Waals surface area contributed by atoms with Gasteiger partial charge in [0.25, 0.3) is 11.1 Å². The molecule has 9 aromatic heterocycles. The Hall–Kier alpha value is -6.50. The minimum absolute atomic E-state index is 0.00880. The molecule has 0 radical (unpaired) electrons. The number of nitrogens with two attached hydrogens (primary N) is 5. The third-order valence-electron chi connectivity index (χ3n) is 23.9. The molecule has 16 heterocycles. The Morgan fingerprint density at radius 2 is 0.611 bits per heavy atom. The highest BCUT2D eigenvalue weighted by atomic mass is 32.7. The molecule has 0 bridgehead atoms. The smallest absolute Gasteiger partial charge is 0.351 e. The maximum atomic E-state index is 15.0. The number of aromatic nitrogens is 18. The molecular formula is C72H91N23O35P7S7-7. The van der Waals surface area contributed by atoms with Gasteiger partial charge >= 0.3 is 28.4 Å². The lowest BCUT2D eigenvalue weighted by Gasteiger charge is -2.36. The maximum absolute atomic E-state index is 15.0. The van der Waals surface area contributed by atoms with Gasteiger partial charge in [-0.2, -0.15) is 15.0 Å². The lowest BCUT2D eigenvalue weighted by molar-refractivity contribution is -0.221. The number of aryl methyl sites for hydroxylation is 5. The molecule has 0 saturated carbocycles. The first-order chi connectivity index (χ1) is 67.8. The van der Waals surface area contributed by atoms with Crippen LogP contribution in [-0.2, 0) is 184 Å². The SMILES string of the molecule is CC[C@H]1O[C@@H](n2cc(C)c(N)nc2=O)C[C@H]1OP([O-])(=S)OC[C@H]1O[C@@H](n2cc(C)c(N)nc2=O)C[C@H]1OP(=O)([S-])OC[C@H]1O[C@@H](n2cc(C)c(N)nc2=O)C[C@H]1OP([O-])(=S)OC[C@H]1O[C@@H](n2cnc3c(N)ncnc32)C[C@H]1OP([O-])(=S)OC[C@H]1O[C@@H](n2cc(C)c(=O)[nH]c2=O)C[C@H]1OP([O-])(=S)OC[C@H]1O[C@@H](n2cc(C)c(=O)[nH]c2=O)C[C@H]1OP([O-])(=S)OC[C@H]1O[C@@H](n2cnc3c(N)ncnc32)C[C@H]1OP([O-])(=S)OC. The molecule has 9 aromatic rings. The van der Waals surface area contributed by atoms with Crippen molar-refractivity contribution < 1.29 is 130 Å². The number of H-pyrrole nitrogens is 2. The number of rotatable bonds is 41. The van der Waals surface area contributed by atoms with Crippen molar-refractivity contribution in [3.63, 3.8) is 0 Å². The summed E-state index contributed by atoms with van der Waals surface area (Å²) < 4.78 is 148. The summed E-state index contributed by atoms with van der Waals surface area (Å²) in [6.45, 7) is -29.4. The largest absolute Gasteiger partial charge is 0.780 e. The van der Waals surface area contributed by atoms with Crippen molar-refractivity contribution in [2.45, 2.75) is 222 Å². The van der Waals surface area contributed by atoms with Crippen LogP contribution in [-0.4, -0.2) is 219 Å². The number of anilines is 5. The number of aromatic amines is 2. The molecule has 7 fully saturated rings. The summed E-state index contributed by atoms with van der Waals surface area (Å²) in [5.74, 6) is -0.241. The third kappa shape index (κ3) is 25.9. The quantitative estimate of drug-likeness (QED) is 0.0161. The van der Waals surface area contributed by atoms with E-state index in [1.54, 1.807) is 20.8 Å². The van der Waals surface area contributed by atoms with Crippen LogP contribution in [0.3, 0.4) is 0 Å². The van der Waals surface area contributed by atoms with Crippen LogP contribution in [0.4, 0.5) is 29.1 Å². The van der Waals surface area contributed by atoms with Crippen molar-refractivity contribution in [2.75, 3.05) is 75.4 Å². The monoisotopic (exact) mass is 2280 g/mol. The zero-order valence-corrected chi connectivity index (χ0v) is 88.0. The number of hydrogen-bond donors (Lipinski definition) is 7. The van der Waals surface area contributed by atoms with Gasteiger partial charge in [0.05, 0.1) is 101 Å². The molecule has 0 spiro atoms. The topological polar surface area (TPSA) is 781 Å². The molecule has 12 N–H and O–H groups in total. The molecule has 7 saturated heterocycles. The predicted octanol–water partition coefficient (Wildman–Crippen LogP) is -1.98. The molecule has 0 aliphatic carbocycles. The second-order valence-corrected chi connectivity index (χ2v) is 52.7. The Kier molecular flexibility index (Phi) is 34.0. The van der Waals surface area contributed by atoms with Gasteiger partial charge in [0.2, 0.25) is 0 Å². The van der Waals surface area contributed by atoms with Crippen molar-refractivity contribution in [3.05, 3.63) is 157 Å².